The molecule has 0 unspecified atom stereocenters. The van der Waals surface area contributed by atoms with Gasteiger partial charge in [-0.15, -0.1) is 11.6 Å². The van der Waals surface area contributed by atoms with E-state index in [-0.39, 0.29) is 6.61 Å². The number of hydrogen-bond acceptors (Lipinski definition) is 4. The smallest absolute Gasteiger partial charge is 0.211 e. The van der Waals surface area contributed by atoms with Crippen molar-refractivity contribution in [2.45, 2.75) is 0 Å². The number of hydrogen-bond donors (Lipinski definition) is 1. The number of rotatable bonds is 6. The number of ether oxygens (including phenoxy) is 2. The van der Waals surface area contributed by atoms with E-state index >= 15 is 0 Å². The zero-order chi connectivity index (χ0) is 18.0. The summed E-state index contributed by atoms with van der Waals surface area (Å²) >= 11 is 5.43. The van der Waals surface area contributed by atoms with Crippen LogP contribution in [0.3, 0.4) is 0 Å². The molecule has 0 aliphatic rings. The van der Waals surface area contributed by atoms with E-state index in [2.05, 4.69) is 21.4 Å². The van der Waals surface area contributed by atoms with Crippen LogP contribution in [0.4, 0.5) is 0 Å². The third-order valence-electron chi connectivity index (χ3n) is 2.19. The van der Waals surface area contributed by atoms with E-state index in [1.165, 1.54) is 0 Å². The van der Waals surface area contributed by atoms with Gasteiger partial charge in [0, 0.05) is 21.4 Å². The largest absolute Gasteiger partial charge is 0.492 e. The van der Waals surface area contributed by atoms with Crippen LogP contribution >= 0.6 is 33.0 Å². The molecule has 4 nitrogen and oxygen atoms in total. The van der Waals surface area contributed by atoms with Gasteiger partial charge in [0.05, 0.1) is 12.5 Å². The van der Waals surface area contributed by atoms with E-state index in [1.807, 2.05) is 60.7 Å². The normalized spacial score (nSPS) is 9.21. The average molecular weight is 414 g/mol. The Morgan fingerprint density at radius 1 is 0.833 bits per heavy atom. The summed E-state index contributed by atoms with van der Waals surface area (Å²) in [6, 6.07) is 19.1. The minimum Gasteiger partial charge on any atom is -0.492 e. The lowest BCUT2D eigenvalue weighted by Crippen LogP contribution is -2.00. The van der Waals surface area contributed by atoms with Crippen molar-refractivity contribution in [1.29, 1.82) is 0 Å². The average Bonchev–Trinajstić information content (AvgIpc) is 2.60. The first kappa shape index (κ1) is 23.0. The summed E-state index contributed by atoms with van der Waals surface area (Å²) in [5.41, 5.74) is 0. The fourth-order valence-corrected chi connectivity index (χ4v) is 1.43. The van der Waals surface area contributed by atoms with Crippen LogP contribution in [0.1, 0.15) is 0 Å². The molecule has 0 aromatic heterocycles. The van der Waals surface area contributed by atoms with Crippen molar-refractivity contribution in [2.24, 2.45) is 0 Å². The second-order valence-electron chi connectivity index (χ2n) is 3.92. The number of aliphatic hydroxyl groups is 1. The summed E-state index contributed by atoms with van der Waals surface area (Å²) in [5.74, 6) is 2.22. The number of halogens is 3. The highest BCUT2D eigenvalue weighted by Crippen LogP contribution is 2.08. The van der Waals surface area contributed by atoms with Crippen LogP contribution in [-0.4, -0.2) is 35.0 Å². The van der Waals surface area contributed by atoms with Crippen molar-refractivity contribution >= 4 is 42.2 Å². The molecule has 0 saturated heterocycles. The number of benzene rings is 2. The standard InChI is InChI=1S/C8H9ClO.C8H10O2.Cl2OS/c2*9-6-7-10-8-4-2-1-3-5-8;1-4(2)3/h1-5H,6-7H2;1-5,9H,6-7H2;. The molecule has 2 aromatic carbocycles. The molecule has 0 radical (unpaired) electrons. The van der Waals surface area contributed by atoms with Gasteiger partial charge in [0.2, 0.25) is 9.23 Å². The molecule has 0 bridgehead atoms. The zero-order valence-corrected chi connectivity index (χ0v) is 15.9. The quantitative estimate of drug-likeness (QED) is 0.563. The fraction of sp³-hybridized carbons (Fsp3) is 0.250. The Morgan fingerprint density at radius 3 is 1.54 bits per heavy atom. The van der Waals surface area contributed by atoms with E-state index in [0.717, 1.165) is 11.5 Å². The van der Waals surface area contributed by atoms with Crippen LogP contribution in [0.15, 0.2) is 60.7 Å². The van der Waals surface area contributed by atoms with Crippen LogP contribution < -0.4 is 9.47 Å². The van der Waals surface area contributed by atoms with Crippen LogP contribution in [-0.2, 0) is 9.23 Å². The van der Waals surface area contributed by atoms with Crippen molar-refractivity contribution < 1.29 is 18.8 Å². The third kappa shape index (κ3) is 15.9. The molecule has 0 saturated carbocycles. The first-order valence-corrected chi connectivity index (χ1v) is 10.2. The van der Waals surface area contributed by atoms with Gasteiger partial charge in [-0.1, -0.05) is 36.4 Å². The molecule has 0 aliphatic carbocycles. The molecule has 0 aliphatic heterocycles. The SMILES string of the molecule is ClCCOc1ccccc1.O=S(Cl)Cl.OCCOc1ccccc1. The summed E-state index contributed by atoms with van der Waals surface area (Å²) in [6.07, 6.45) is 0. The Balaban J connectivity index is 0.000000363. The van der Waals surface area contributed by atoms with E-state index in [9.17, 15) is 0 Å². The Kier molecular flexibility index (Phi) is 16.2. The molecule has 0 heterocycles. The number of aliphatic hydroxyl groups excluding tert-OH is 1. The first-order chi connectivity index (χ1) is 11.6. The van der Waals surface area contributed by atoms with Gasteiger partial charge in [-0.25, -0.2) is 4.21 Å². The Labute approximate surface area is 158 Å². The predicted molar refractivity (Wildman–Crippen MR) is 102 cm³/mol. The van der Waals surface area contributed by atoms with Gasteiger partial charge in [0.25, 0.3) is 0 Å². The van der Waals surface area contributed by atoms with Gasteiger partial charge in [-0.05, 0) is 24.3 Å². The molecule has 0 spiro atoms. The Hall–Kier alpha value is -0.980. The van der Waals surface area contributed by atoms with Crippen LogP contribution in [0.25, 0.3) is 0 Å². The molecule has 0 atom stereocenters. The molecular weight excluding hydrogens is 395 g/mol. The van der Waals surface area contributed by atoms with Gasteiger partial charge in [0.15, 0.2) is 0 Å². The lowest BCUT2D eigenvalue weighted by Gasteiger charge is -2.01. The van der Waals surface area contributed by atoms with Crippen molar-refractivity contribution in [3.05, 3.63) is 60.7 Å². The summed E-state index contributed by atoms with van der Waals surface area (Å²) in [4.78, 5) is 0. The van der Waals surface area contributed by atoms with Gasteiger partial charge in [-0.3, -0.25) is 0 Å². The zero-order valence-electron chi connectivity index (χ0n) is 12.8. The molecule has 134 valence electrons. The maximum atomic E-state index is 9.09. The van der Waals surface area contributed by atoms with E-state index in [0.29, 0.717) is 19.1 Å². The molecule has 1 N–H and O–H groups in total. The lowest BCUT2D eigenvalue weighted by atomic mass is 10.3. The monoisotopic (exact) mass is 412 g/mol. The second-order valence-corrected chi connectivity index (χ2v) is 6.82. The fourth-order valence-electron chi connectivity index (χ4n) is 1.35. The van der Waals surface area contributed by atoms with Crippen molar-refractivity contribution in [3.63, 3.8) is 0 Å². The van der Waals surface area contributed by atoms with Gasteiger partial charge in [0.1, 0.15) is 24.7 Å². The first-order valence-electron chi connectivity index (χ1n) is 6.87. The molecule has 2 rings (SSSR count). The number of alkyl halides is 1. The minimum absolute atomic E-state index is 0.0644. The second kappa shape index (κ2) is 16.9. The Bertz CT molecular complexity index is 482. The van der Waals surface area contributed by atoms with Crippen molar-refractivity contribution in [3.8, 4) is 11.5 Å². The van der Waals surface area contributed by atoms with Crippen molar-refractivity contribution in [1.82, 2.24) is 0 Å². The van der Waals surface area contributed by atoms with Gasteiger partial charge >= 0.3 is 0 Å². The summed E-state index contributed by atoms with van der Waals surface area (Å²) in [5, 5.41) is 8.40. The predicted octanol–water partition coefficient (Wildman–Crippen LogP) is 4.40. The highest BCUT2D eigenvalue weighted by atomic mass is 36.0. The van der Waals surface area contributed by atoms with E-state index in [4.69, 9.17) is 30.4 Å². The highest BCUT2D eigenvalue weighted by Gasteiger charge is 1.87. The molecular formula is C16H19Cl3O4S. The molecule has 2 aromatic rings. The topological polar surface area (TPSA) is 55.8 Å². The maximum absolute atomic E-state index is 9.09. The minimum atomic E-state index is -1.67. The molecule has 0 amide bonds. The molecule has 0 fully saturated rings. The van der Waals surface area contributed by atoms with E-state index in [1.54, 1.807) is 0 Å². The van der Waals surface area contributed by atoms with Crippen LogP contribution in [0.2, 0.25) is 0 Å². The maximum Gasteiger partial charge on any atom is 0.211 e. The van der Waals surface area contributed by atoms with E-state index < -0.39 is 9.23 Å². The summed E-state index contributed by atoms with van der Waals surface area (Å²) in [7, 11) is 7.36. The summed E-state index contributed by atoms with van der Waals surface area (Å²) < 4.78 is 19.4. The molecule has 24 heavy (non-hydrogen) atoms. The van der Waals surface area contributed by atoms with Gasteiger partial charge in [-0.2, -0.15) is 0 Å². The highest BCUT2D eigenvalue weighted by molar-refractivity contribution is 8.26. The lowest BCUT2D eigenvalue weighted by molar-refractivity contribution is 0.201. The number of para-hydroxylation sites is 2. The van der Waals surface area contributed by atoms with Crippen molar-refractivity contribution in [2.75, 3.05) is 25.7 Å². The third-order valence-corrected chi connectivity index (χ3v) is 2.35. The van der Waals surface area contributed by atoms with Crippen LogP contribution in [0.5, 0.6) is 11.5 Å². The van der Waals surface area contributed by atoms with Crippen LogP contribution in [0, 0.1) is 0 Å². The summed E-state index contributed by atoms with van der Waals surface area (Å²) in [6.45, 7) is 1.00. The Morgan fingerprint density at radius 2 is 1.21 bits per heavy atom. The molecule has 8 heteroatoms. The van der Waals surface area contributed by atoms with Gasteiger partial charge < -0.3 is 14.6 Å².